The Kier molecular flexibility index (Phi) is 4.51. The summed E-state index contributed by atoms with van der Waals surface area (Å²) in [4.78, 5) is 4.30. The summed E-state index contributed by atoms with van der Waals surface area (Å²) in [7, 11) is 1.84. The fourth-order valence-corrected chi connectivity index (χ4v) is 1.09. The summed E-state index contributed by atoms with van der Waals surface area (Å²) in [6.07, 6.45) is 4.15. The predicted molar refractivity (Wildman–Crippen MR) is 70.5 cm³/mol. The van der Waals surface area contributed by atoms with E-state index in [-0.39, 0.29) is 10.8 Å². The average molecular weight is 207 g/mol. The molecule has 1 heteroatoms. The van der Waals surface area contributed by atoms with Gasteiger partial charge in [0.05, 0.1) is 0 Å². The van der Waals surface area contributed by atoms with Crippen molar-refractivity contribution < 1.29 is 0 Å². The van der Waals surface area contributed by atoms with Crippen molar-refractivity contribution in [3.63, 3.8) is 0 Å². The summed E-state index contributed by atoms with van der Waals surface area (Å²) in [6, 6.07) is 0. The predicted octanol–water partition coefficient (Wildman–Crippen LogP) is 4.26. The van der Waals surface area contributed by atoms with Gasteiger partial charge < -0.3 is 0 Å². The Labute approximate surface area is 95.0 Å². The van der Waals surface area contributed by atoms with Gasteiger partial charge in [0.1, 0.15) is 0 Å². The lowest BCUT2D eigenvalue weighted by molar-refractivity contribution is 0.519. The molecule has 0 spiro atoms. The maximum atomic E-state index is 4.30. The van der Waals surface area contributed by atoms with Crippen LogP contribution in [0.15, 0.2) is 29.3 Å². The molecular weight excluding hydrogens is 182 g/mol. The molecule has 0 saturated heterocycles. The van der Waals surface area contributed by atoms with Gasteiger partial charge in [-0.3, -0.25) is 4.99 Å². The van der Waals surface area contributed by atoms with Gasteiger partial charge in [0.2, 0.25) is 0 Å². The molecule has 0 atom stereocenters. The second-order valence-corrected chi connectivity index (χ2v) is 5.97. The molecule has 0 fully saturated rings. The summed E-state index contributed by atoms with van der Waals surface area (Å²) in [5, 5.41) is 0. The van der Waals surface area contributed by atoms with Crippen molar-refractivity contribution in [3.05, 3.63) is 24.3 Å². The van der Waals surface area contributed by atoms with Crippen molar-refractivity contribution in [2.24, 2.45) is 15.8 Å². The minimum Gasteiger partial charge on any atom is -0.293 e. The molecule has 0 aromatic rings. The highest BCUT2D eigenvalue weighted by atomic mass is 14.7. The normalized spacial score (nSPS) is 14.7. The molecular formula is C14H25N. The quantitative estimate of drug-likeness (QED) is 0.474. The van der Waals surface area contributed by atoms with Crippen LogP contribution in [0.1, 0.15) is 41.5 Å². The minimum atomic E-state index is 0.101. The average Bonchev–Trinajstić information content (AvgIpc) is 2.00. The van der Waals surface area contributed by atoms with E-state index < -0.39 is 0 Å². The lowest BCUT2D eigenvalue weighted by atomic mass is 9.85. The van der Waals surface area contributed by atoms with Gasteiger partial charge >= 0.3 is 0 Å². The van der Waals surface area contributed by atoms with Gasteiger partial charge in [0.25, 0.3) is 0 Å². The van der Waals surface area contributed by atoms with Gasteiger partial charge in [-0.2, -0.15) is 0 Å². The van der Waals surface area contributed by atoms with Gasteiger partial charge in [-0.15, -0.1) is 0 Å². The van der Waals surface area contributed by atoms with Crippen molar-refractivity contribution in [3.8, 4) is 0 Å². The standard InChI is InChI=1S/C14H25N/c1-11(13(2,3)4)9-10-12(15-8)14(5,6)7/h9-10H,1H2,2-8H3/b10-9-,15-12+. The Balaban J connectivity index is 4.75. The summed E-state index contributed by atoms with van der Waals surface area (Å²) >= 11 is 0. The Morgan fingerprint density at radius 2 is 1.40 bits per heavy atom. The van der Waals surface area contributed by atoms with E-state index in [1.54, 1.807) is 0 Å². The first-order valence-electron chi connectivity index (χ1n) is 5.44. The van der Waals surface area contributed by atoms with Gasteiger partial charge in [-0.05, 0) is 17.1 Å². The SMILES string of the molecule is C=C(/C=C\C(=N/C)C(C)(C)C)C(C)(C)C. The zero-order valence-corrected chi connectivity index (χ0v) is 11.3. The Morgan fingerprint density at radius 1 is 0.933 bits per heavy atom. The first-order chi connectivity index (χ1) is 6.59. The molecule has 0 aromatic carbocycles. The zero-order valence-electron chi connectivity index (χ0n) is 11.3. The molecule has 0 N–H and O–H groups in total. The van der Waals surface area contributed by atoms with Gasteiger partial charge in [-0.25, -0.2) is 0 Å². The molecule has 15 heavy (non-hydrogen) atoms. The smallest absolute Gasteiger partial charge is 0.0398 e. The number of allylic oxidation sites excluding steroid dienone is 3. The van der Waals surface area contributed by atoms with Gasteiger partial charge in [0.15, 0.2) is 0 Å². The number of aliphatic imine (C=N–C) groups is 1. The number of nitrogens with zero attached hydrogens (tertiary/aromatic N) is 1. The fraction of sp³-hybridized carbons (Fsp3) is 0.643. The van der Waals surface area contributed by atoms with Crippen LogP contribution in [0.5, 0.6) is 0 Å². The van der Waals surface area contributed by atoms with Crippen LogP contribution in [0.3, 0.4) is 0 Å². The molecule has 0 aliphatic carbocycles. The highest BCUT2D eigenvalue weighted by Gasteiger charge is 2.17. The molecule has 86 valence electrons. The van der Waals surface area contributed by atoms with E-state index in [1.165, 1.54) is 0 Å². The van der Waals surface area contributed by atoms with Crippen LogP contribution >= 0.6 is 0 Å². The highest BCUT2D eigenvalue weighted by Crippen LogP contribution is 2.25. The minimum absolute atomic E-state index is 0.101. The van der Waals surface area contributed by atoms with E-state index in [2.05, 4.69) is 65.3 Å². The maximum Gasteiger partial charge on any atom is 0.0398 e. The van der Waals surface area contributed by atoms with E-state index in [0.717, 1.165) is 11.3 Å². The molecule has 0 heterocycles. The van der Waals surface area contributed by atoms with Crippen molar-refractivity contribution in [2.75, 3.05) is 7.05 Å². The van der Waals surface area contributed by atoms with Gasteiger partial charge in [0, 0.05) is 18.2 Å². The molecule has 0 aliphatic rings. The lowest BCUT2D eigenvalue weighted by Crippen LogP contribution is -2.18. The summed E-state index contributed by atoms with van der Waals surface area (Å²) in [5.41, 5.74) is 2.47. The Morgan fingerprint density at radius 3 is 1.67 bits per heavy atom. The largest absolute Gasteiger partial charge is 0.293 e. The molecule has 0 rings (SSSR count). The molecule has 0 radical (unpaired) electrons. The molecule has 1 nitrogen and oxygen atoms in total. The first-order valence-corrected chi connectivity index (χ1v) is 5.44. The van der Waals surface area contributed by atoms with E-state index in [0.29, 0.717) is 0 Å². The molecule has 0 amide bonds. The van der Waals surface area contributed by atoms with Crippen molar-refractivity contribution in [2.45, 2.75) is 41.5 Å². The third-order valence-electron chi connectivity index (χ3n) is 2.42. The Bertz CT molecular complexity index is 279. The van der Waals surface area contributed by atoms with Crippen molar-refractivity contribution in [1.29, 1.82) is 0 Å². The van der Waals surface area contributed by atoms with Crippen LogP contribution in [-0.4, -0.2) is 12.8 Å². The lowest BCUT2D eigenvalue weighted by Gasteiger charge is -2.21. The van der Waals surface area contributed by atoms with E-state index in [1.807, 2.05) is 7.05 Å². The molecule has 0 aromatic heterocycles. The summed E-state index contributed by atoms with van der Waals surface area (Å²) in [5.74, 6) is 0. The van der Waals surface area contributed by atoms with Crippen LogP contribution in [0.25, 0.3) is 0 Å². The summed E-state index contributed by atoms with van der Waals surface area (Å²) < 4.78 is 0. The third-order valence-corrected chi connectivity index (χ3v) is 2.42. The van der Waals surface area contributed by atoms with E-state index >= 15 is 0 Å². The van der Waals surface area contributed by atoms with E-state index in [4.69, 9.17) is 0 Å². The van der Waals surface area contributed by atoms with Crippen LogP contribution < -0.4 is 0 Å². The maximum absolute atomic E-state index is 4.30. The molecule has 0 saturated carbocycles. The summed E-state index contributed by atoms with van der Waals surface area (Å²) in [6.45, 7) is 17.1. The third kappa shape index (κ3) is 4.96. The van der Waals surface area contributed by atoms with Crippen LogP contribution in [0, 0.1) is 10.8 Å². The van der Waals surface area contributed by atoms with Gasteiger partial charge in [-0.1, -0.05) is 54.2 Å². The first kappa shape index (κ1) is 14.2. The van der Waals surface area contributed by atoms with Crippen molar-refractivity contribution >= 4 is 5.71 Å². The van der Waals surface area contributed by atoms with Crippen LogP contribution in [0.4, 0.5) is 0 Å². The van der Waals surface area contributed by atoms with Crippen molar-refractivity contribution in [1.82, 2.24) is 0 Å². The number of hydrogen-bond acceptors (Lipinski definition) is 1. The molecule has 0 bridgehead atoms. The second kappa shape index (κ2) is 4.78. The van der Waals surface area contributed by atoms with Crippen LogP contribution in [0.2, 0.25) is 0 Å². The monoisotopic (exact) mass is 207 g/mol. The topological polar surface area (TPSA) is 12.4 Å². The molecule has 0 aliphatic heterocycles. The highest BCUT2D eigenvalue weighted by molar-refractivity contribution is 5.99. The van der Waals surface area contributed by atoms with Crippen LogP contribution in [-0.2, 0) is 0 Å². The second-order valence-electron chi connectivity index (χ2n) is 5.97. The number of hydrogen-bond donors (Lipinski definition) is 0. The number of rotatable bonds is 2. The van der Waals surface area contributed by atoms with E-state index in [9.17, 15) is 0 Å². The molecule has 0 unspecified atom stereocenters. The zero-order chi connectivity index (χ0) is 12.3. The fourth-order valence-electron chi connectivity index (χ4n) is 1.09. The Hall–Kier alpha value is -0.850.